The fourth-order valence-electron chi connectivity index (χ4n) is 4.51. The van der Waals surface area contributed by atoms with Gasteiger partial charge in [-0.15, -0.1) is 0 Å². The van der Waals surface area contributed by atoms with E-state index in [1.807, 2.05) is 38.3 Å². The van der Waals surface area contributed by atoms with Gasteiger partial charge in [-0.1, -0.05) is 25.4 Å². The number of sulfonamides is 1. The van der Waals surface area contributed by atoms with Gasteiger partial charge in [0, 0.05) is 30.7 Å². The average Bonchev–Trinajstić information content (AvgIpc) is 3.19. The minimum absolute atomic E-state index is 0.0218. The number of aliphatic hydroxyl groups is 1. The van der Waals surface area contributed by atoms with Crippen LogP contribution in [0.25, 0.3) is 22.3 Å². The minimum atomic E-state index is -3.39. The molecule has 1 saturated heterocycles. The number of imidazole rings is 1. The Bertz CT molecular complexity index is 1400. The lowest BCUT2D eigenvalue weighted by atomic mass is 10.0. The lowest BCUT2D eigenvalue weighted by Gasteiger charge is -2.34. The largest absolute Gasteiger partial charge is 0.390 e. The first-order valence-corrected chi connectivity index (χ1v) is 14.4. The quantitative estimate of drug-likeness (QED) is 0.388. The van der Waals surface area contributed by atoms with Gasteiger partial charge in [-0.25, -0.2) is 27.8 Å². The average molecular weight is 554 g/mol. The lowest BCUT2D eigenvalue weighted by Crippen LogP contribution is -2.51. The van der Waals surface area contributed by atoms with Gasteiger partial charge in [0.25, 0.3) is 0 Å². The van der Waals surface area contributed by atoms with Gasteiger partial charge in [0.15, 0.2) is 5.82 Å². The second-order valence-corrected chi connectivity index (χ2v) is 12.4. The minimum Gasteiger partial charge on any atom is -0.390 e. The molecule has 1 aromatic carbocycles. The third-order valence-corrected chi connectivity index (χ3v) is 7.90. The Balaban J connectivity index is 1.66. The van der Waals surface area contributed by atoms with Crippen molar-refractivity contribution in [1.29, 1.82) is 0 Å². The number of benzene rings is 1. The molecule has 3 N–H and O–H groups in total. The SMILES string of the molecule is CC(C)NCc1nc2c(F)cc(-c3nc(N[C@@H]4CCN(S(C)(=O)=O)C[C@H]4O)ncc3Cl)cc2n1C(C)C. The Morgan fingerprint density at radius 3 is 2.59 bits per heavy atom. The van der Waals surface area contributed by atoms with Crippen LogP contribution in [0.5, 0.6) is 0 Å². The second-order valence-electron chi connectivity index (χ2n) is 9.97. The number of aromatic nitrogens is 4. The highest BCUT2D eigenvalue weighted by Gasteiger charge is 2.32. The normalized spacial score (nSPS) is 19.3. The van der Waals surface area contributed by atoms with Crippen LogP contribution in [-0.2, 0) is 16.6 Å². The van der Waals surface area contributed by atoms with Crippen LogP contribution in [0.4, 0.5) is 10.3 Å². The summed E-state index contributed by atoms with van der Waals surface area (Å²) in [4.78, 5) is 13.3. The molecular formula is C24H33ClFN7O3S. The zero-order valence-electron chi connectivity index (χ0n) is 21.5. The van der Waals surface area contributed by atoms with Crippen LogP contribution in [0.2, 0.25) is 5.02 Å². The molecule has 13 heteroatoms. The van der Waals surface area contributed by atoms with Crippen molar-refractivity contribution in [2.45, 2.75) is 64.9 Å². The van der Waals surface area contributed by atoms with E-state index < -0.39 is 28.0 Å². The molecular weight excluding hydrogens is 521 g/mol. The summed E-state index contributed by atoms with van der Waals surface area (Å²) in [5.41, 5.74) is 1.72. The van der Waals surface area contributed by atoms with Crippen molar-refractivity contribution in [3.8, 4) is 11.3 Å². The van der Waals surface area contributed by atoms with Crippen molar-refractivity contribution in [1.82, 2.24) is 29.1 Å². The second kappa shape index (κ2) is 10.8. The van der Waals surface area contributed by atoms with E-state index in [0.717, 1.165) is 12.1 Å². The van der Waals surface area contributed by atoms with Crippen LogP contribution < -0.4 is 10.6 Å². The van der Waals surface area contributed by atoms with E-state index in [-0.39, 0.29) is 41.7 Å². The lowest BCUT2D eigenvalue weighted by molar-refractivity contribution is 0.0950. The molecule has 1 aliphatic heterocycles. The maximum Gasteiger partial charge on any atom is 0.223 e. The van der Waals surface area contributed by atoms with Crippen LogP contribution >= 0.6 is 11.6 Å². The first kappa shape index (κ1) is 27.6. The summed E-state index contributed by atoms with van der Waals surface area (Å²) in [6.45, 7) is 8.86. The molecule has 0 radical (unpaired) electrons. The van der Waals surface area contributed by atoms with Crippen molar-refractivity contribution in [2.24, 2.45) is 0 Å². The Kier molecular flexibility index (Phi) is 8.05. The molecule has 0 spiro atoms. The predicted octanol–water partition coefficient (Wildman–Crippen LogP) is 3.17. The number of rotatable bonds is 8. The van der Waals surface area contributed by atoms with Gasteiger partial charge in [-0.2, -0.15) is 4.31 Å². The summed E-state index contributed by atoms with van der Waals surface area (Å²) < 4.78 is 42.1. The molecule has 10 nitrogen and oxygen atoms in total. The van der Waals surface area contributed by atoms with Gasteiger partial charge in [0.2, 0.25) is 16.0 Å². The number of fused-ring (bicyclic) bond motifs is 1. The maximum absolute atomic E-state index is 15.3. The Morgan fingerprint density at radius 2 is 1.97 bits per heavy atom. The van der Waals surface area contributed by atoms with Gasteiger partial charge >= 0.3 is 0 Å². The molecule has 0 bridgehead atoms. The zero-order chi connectivity index (χ0) is 27.1. The third-order valence-electron chi connectivity index (χ3n) is 6.35. The van der Waals surface area contributed by atoms with Crippen molar-refractivity contribution in [3.05, 3.63) is 35.0 Å². The highest BCUT2D eigenvalue weighted by molar-refractivity contribution is 7.88. The number of halogens is 2. The van der Waals surface area contributed by atoms with E-state index in [1.165, 1.54) is 16.6 Å². The zero-order valence-corrected chi connectivity index (χ0v) is 23.1. The van der Waals surface area contributed by atoms with E-state index in [4.69, 9.17) is 11.6 Å². The molecule has 37 heavy (non-hydrogen) atoms. The number of anilines is 1. The molecule has 0 unspecified atom stereocenters. The van der Waals surface area contributed by atoms with E-state index >= 15 is 4.39 Å². The van der Waals surface area contributed by atoms with Crippen molar-refractivity contribution < 1.29 is 17.9 Å². The molecule has 0 saturated carbocycles. The molecule has 202 valence electrons. The fraction of sp³-hybridized carbons (Fsp3) is 0.542. The molecule has 3 aromatic rings. The fourth-order valence-corrected chi connectivity index (χ4v) is 5.57. The summed E-state index contributed by atoms with van der Waals surface area (Å²) in [6, 6.07) is 3.02. The molecule has 2 aromatic heterocycles. The molecule has 0 aliphatic carbocycles. The number of aliphatic hydroxyl groups excluding tert-OH is 1. The number of nitrogens with zero attached hydrogens (tertiary/aromatic N) is 5. The van der Waals surface area contributed by atoms with Crippen LogP contribution in [0, 0.1) is 5.82 Å². The van der Waals surface area contributed by atoms with Gasteiger partial charge in [0.05, 0.1) is 47.4 Å². The predicted molar refractivity (Wildman–Crippen MR) is 143 cm³/mol. The van der Waals surface area contributed by atoms with E-state index in [0.29, 0.717) is 29.7 Å². The standard InChI is InChI=1S/C24H33ClFN7O3S/c1-13(2)27-11-21-30-23-17(26)8-15(9-19(23)33(21)14(3)4)22-16(25)10-28-24(31-22)29-18-6-7-32(12-20(18)34)37(5,35)36/h8-10,13-14,18,20,27,34H,6-7,11-12H2,1-5H3,(H,28,29,31)/t18-,20-/m1/s1. The van der Waals surface area contributed by atoms with Gasteiger partial charge in [-0.3, -0.25) is 0 Å². The number of hydrogen-bond acceptors (Lipinski definition) is 8. The van der Waals surface area contributed by atoms with Gasteiger partial charge in [-0.05, 0) is 32.4 Å². The Hall–Kier alpha value is -2.38. The summed E-state index contributed by atoms with van der Waals surface area (Å²) >= 11 is 6.44. The first-order chi connectivity index (χ1) is 17.3. The van der Waals surface area contributed by atoms with E-state index in [9.17, 15) is 13.5 Å². The summed E-state index contributed by atoms with van der Waals surface area (Å²) in [6.07, 6.45) is 1.96. The van der Waals surface area contributed by atoms with Crippen molar-refractivity contribution >= 4 is 38.6 Å². The molecule has 1 fully saturated rings. The number of nitrogens with one attached hydrogen (secondary N) is 2. The van der Waals surface area contributed by atoms with Gasteiger partial charge < -0.3 is 20.3 Å². The molecule has 1 aliphatic rings. The van der Waals surface area contributed by atoms with Gasteiger partial charge in [0.1, 0.15) is 11.3 Å². The Labute approximate surface area is 221 Å². The highest BCUT2D eigenvalue weighted by atomic mass is 35.5. The van der Waals surface area contributed by atoms with Crippen molar-refractivity contribution in [2.75, 3.05) is 24.7 Å². The summed E-state index contributed by atoms with van der Waals surface area (Å²) in [5.74, 6) is 0.460. The van der Waals surface area contributed by atoms with Crippen LogP contribution in [0.3, 0.4) is 0 Å². The summed E-state index contributed by atoms with van der Waals surface area (Å²) in [5, 5.41) is 17.2. The highest BCUT2D eigenvalue weighted by Crippen LogP contribution is 2.32. The van der Waals surface area contributed by atoms with E-state index in [1.54, 1.807) is 0 Å². The number of β-amino-alcohol motifs (C(OH)–C–C–N with tert-alkyl or cyclic N) is 1. The molecule has 2 atom stereocenters. The van der Waals surface area contributed by atoms with Crippen LogP contribution in [0.15, 0.2) is 18.3 Å². The monoisotopic (exact) mass is 553 g/mol. The smallest absolute Gasteiger partial charge is 0.223 e. The summed E-state index contributed by atoms with van der Waals surface area (Å²) in [7, 11) is -3.39. The molecule has 3 heterocycles. The van der Waals surface area contributed by atoms with Crippen LogP contribution in [-0.4, -0.2) is 74.9 Å². The Morgan fingerprint density at radius 1 is 1.24 bits per heavy atom. The molecule has 0 amide bonds. The number of hydrogen-bond donors (Lipinski definition) is 3. The number of piperidine rings is 1. The van der Waals surface area contributed by atoms with Crippen molar-refractivity contribution in [3.63, 3.8) is 0 Å². The molecule has 4 rings (SSSR count). The topological polar surface area (TPSA) is 125 Å². The van der Waals surface area contributed by atoms with E-state index in [2.05, 4.69) is 25.6 Å². The third kappa shape index (κ3) is 6.04. The van der Waals surface area contributed by atoms with Crippen LogP contribution in [0.1, 0.15) is 46.0 Å². The maximum atomic E-state index is 15.3. The first-order valence-electron chi connectivity index (χ1n) is 12.2.